The Morgan fingerprint density at radius 2 is 1.62 bits per heavy atom. The molecule has 0 amide bonds. The topological polar surface area (TPSA) is 61.8 Å². The van der Waals surface area contributed by atoms with Crippen LogP contribution in [-0.4, -0.2) is 46.8 Å². The number of hydrogen-bond acceptors (Lipinski definition) is 5. The molecular formula is C8H16O5. The second-order valence-electron chi connectivity index (χ2n) is 1.91. The Bertz CT molecular complexity index is 105. The highest BCUT2D eigenvalue weighted by Gasteiger charge is 1.77. The lowest BCUT2D eigenvalue weighted by Gasteiger charge is -1.92. The van der Waals surface area contributed by atoms with Crippen molar-refractivity contribution in [2.24, 2.45) is 0 Å². The van der Waals surface area contributed by atoms with Crippen LogP contribution in [0.15, 0.2) is 0 Å². The van der Waals surface area contributed by atoms with Crippen molar-refractivity contribution in [1.82, 2.24) is 0 Å². The lowest BCUT2D eigenvalue weighted by molar-refractivity contribution is -0.129. The van der Waals surface area contributed by atoms with Gasteiger partial charge in [0.1, 0.15) is 12.9 Å². The van der Waals surface area contributed by atoms with Gasteiger partial charge in [-0.05, 0) is 0 Å². The van der Waals surface area contributed by atoms with E-state index >= 15 is 0 Å². The van der Waals surface area contributed by atoms with E-state index in [0.717, 1.165) is 6.29 Å². The standard InChI is InChI=1S/C4H8O3.C4H8O2/c1-6-2-3-7-4-5;1-6-4-2-3-5/h4H,2-3H2,1H3;3H,2,4H2,1H3. The van der Waals surface area contributed by atoms with Crippen molar-refractivity contribution in [3.8, 4) is 0 Å². The third-order valence-electron chi connectivity index (χ3n) is 0.913. The van der Waals surface area contributed by atoms with Gasteiger partial charge in [-0.25, -0.2) is 0 Å². The molecular weight excluding hydrogens is 176 g/mol. The summed E-state index contributed by atoms with van der Waals surface area (Å²) < 4.78 is 13.4. The van der Waals surface area contributed by atoms with Crippen LogP contribution in [0.3, 0.4) is 0 Å². The molecule has 5 heteroatoms. The zero-order valence-electron chi connectivity index (χ0n) is 8.02. The first-order valence-corrected chi connectivity index (χ1v) is 3.80. The minimum absolute atomic E-state index is 0.347. The first kappa shape index (κ1) is 14.6. The monoisotopic (exact) mass is 192 g/mol. The highest BCUT2D eigenvalue weighted by atomic mass is 16.5. The van der Waals surface area contributed by atoms with Crippen molar-refractivity contribution < 1.29 is 23.8 Å². The zero-order chi connectivity index (χ0) is 10.4. The van der Waals surface area contributed by atoms with Gasteiger partial charge >= 0.3 is 0 Å². The van der Waals surface area contributed by atoms with Gasteiger partial charge in [0, 0.05) is 20.6 Å². The molecule has 5 nitrogen and oxygen atoms in total. The minimum Gasteiger partial charge on any atom is -0.465 e. The summed E-state index contributed by atoms with van der Waals surface area (Å²) in [4.78, 5) is 18.9. The molecule has 0 aromatic carbocycles. The fraction of sp³-hybridized carbons (Fsp3) is 0.750. The number of carbonyl (C=O) groups is 2. The van der Waals surface area contributed by atoms with Crippen LogP contribution < -0.4 is 0 Å². The van der Waals surface area contributed by atoms with Crippen LogP contribution in [0, 0.1) is 0 Å². The largest absolute Gasteiger partial charge is 0.465 e. The summed E-state index contributed by atoms with van der Waals surface area (Å²) >= 11 is 0. The number of ether oxygens (including phenoxy) is 3. The van der Waals surface area contributed by atoms with Crippen LogP contribution in [0.5, 0.6) is 0 Å². The van der Waals surface area contributed by atoms with Crippen molar-refractivity contribution in [2.75, 3.05) is 34.0 Å². The minimum atomic E-state index is 0.347. The average molecular weight is 192 g/mol. The van der Waals surface area contributed by atoms with Crippen molar-refractivity contribution in [2.45, 2.75) is 6.42 Å². The Labute approximate surface area is 78.0 Å². The lowest BCUT2D eigenvalue weighted by atomic mass is 10.5. The fourth-order valence-electron chi connectivity index (χ4n) is 0.346. The molecule has 0 spiro atoms. The number of carbonyl (C=O) groups excluding carboxylic acids is 2. The van der Waals surface area contributed by atoms with E-state index in [9.17, 15) is 9.59 Å². The number of hydrogen-bond donors (Lipinski definition) is 0. The molecule has 13 heavy (non-hydrogen) atoms. The van der Waals surface area contributed by atoms with Gasteiger partial charge in [0.05, 0.1) is 13.2 Å². The quantitative estimate of drug-likeness (QED) is 0.420. The van der Waals surface area contributed by atoms with Gasteiger partial charge in [-0.15, -0.1) is 0 Å². The number of rotatable bonds is 7. The van der Waals surface area contributed by atoms with E-state index in [1.54, 1.807) is 14.2 Å². The maximum absolute atomic E-state index is 9.48. The van der Waals surface area contributed by atoms with Crippen LogP contribution in [0.25, 0.3) is 0 Å². The molecule has 0 unspecified atom stereocenters. The van der Waals surface area contributed by atoms with E-state index in [2.05, 4.69) is 14.2 Å². The fourth-order valence-corrected chi connectivity index (χ4v) is 0.346. The molecule has 0 radical (unpaired) electrons. The van der Waals surface area contributed by atoms with Gasteiger partial charge in [-0.1, -0.05) is 0 Å². The SMILES string of the molecule is COCCC=O.COCCOC=O. The summed E-state index contributed by atoms with van der Waals surface area (Å²) in [5, 5.41) is 0. The predicted molar refractivity (Wildman–Crippen MR) is 46.4 cm³/mol. The maximum Gasteiger partial charge on any atom is 0.293 e. The molecule has 0 rings (SSSR count). The Morgan fingerprint density at radius 3 is 1.92 bits per heavy atom. The van der Waals surface area contributed by atoms with E-state index < -0.39 is 0 Å². The Morgan fingerprint density at radius 1 is 1.00 bits per heavy atom. The molecule has 78 valence electrons. The Hall–Kier alpha value is -0.940. The normalized spacial score (nSPS) is 8.15. The highest BCUT2D eigenvalue weighted by Crippen LogP contribution is 1.68. The van der Waals surface area contributed by atoms with E-state index in [0.29, 0.717) is 32.7 Å². The summed E-state index contributed by atoms with van der Waals surface area (Å²) in [6.07, 6.45) is 1.35. The molecule has 0 aliphatic carbocycles. The summed E-state index contributed by atoms with van der Waals surface area (Å²) in [6.45, 7) is 1.77. The lowest BCUT2D eigenvalue weighted by Crippen LogP contribution is -1.98. The van der Waals surface area contributed by atoms with Crippen molar-refractivity contribution in [3.05, 3.63) is 0 Å². The molecule has 0 bridgehead atoms. The van der Waals surface area contributed by atoms with Gasteiger partial charge in [0.15, 0.2) is 0 Å². The summed E-state index contributed by atoms with van der Waals surface area (Å²) in [5.41, 5.74) is 0. The van der Waals surface area contributed by atoms with Gasteiger partial charge in [0.2, 0.25) is 0 Å². The number of aldehydes is 1. The first-order chi connectivity index (χ1) is 6.33. The van der Waals surface area contributed by atoms with E-state index in [-0.39, 0.29) is 0 Å². The number of methoxy groups -OCH3 is 2. The Kier molecular flexibility index (Phi) is 19.3. The highest BCUT2D eigenvalue weighted by molar-refractivity contribution is 5.49. The first-order valence-electron chi connectivity index (χ1n) is 3.80. The second kappa shape index (κ2) is 17.2. The van der Waals surface area contributed by atoms with Gasteiger partial charge in [-0.3, -0.25) is 4.79 Å². The average Bonchev–Trinajstić information content (AvgIpc) is 2.17. The molecule has 0 aliphatic heterocycles. The molecule has 0 aliphatic rings. The van der Waals surface area contributed by atoms with Gasteiger partial charge < -0.3 is 19.0 Å². The van der Waals surface area contributed by atoms with E-state index in [1.165, 1.54) is 0 Å². The van der Waals surface area contributed by atoms with Gasteiger partial charge in [-0.2, -0.15) is 0 Å². The van der Waals surface area contributed by atoms with E-state index in [1.807, 2.05) is 0 Å². The molecule has 0 saturated heterocycles. The summed E-state index contributed by atoms with van der Waals surface area (Å²) in [7, 11) is 3.12. The van der Waals surface area contributed by atoms with Crippen LogP contribution in [-0.2, 0) is 23.8 Å². The van der Waals surface area contributed by atoms with Crippen LogP contribution >= 0.6 is 0 Å². The Balaban J connectivity index is 0. The zero-order valence-corrected chi connectivity index (χ0v) is 8.02. The molecule has 0 saturated carbocycles. The third kappa shape index (κ3) is 24.7. The molecule has 0 atom stereocenters. The van der Waals surface area contributed by atoms with Crippen LogP contribution in [0.2, 0.25) is 0 Å². The third-order valence-corrected chi connectivity index (χ3v) is 0.913. The summed E-state index contributed by atoms with van der Waals surface area (Å²) in [5.74, 6) is 0. The van der Waals surface area contributed by atoms with Gasteiger partial charge in [0.25, 0.3) is 6.47 Å². The van der Waals surface area contributed by atoms with E-state index in [4.69, 9.17) is 0 Å². The molecule has 0 heterocycles. The molecule has 0 N–H and O–H groups in total. The molecule has 0 aromatic heterocycles. The van der Waals surface area contributed by atoms with Crippen molar-refractivity contribution in [3.63, 3.8) is 0 Å². The van der Waals surface area contributed by atoms with Crippen LogP contribution in [0.4, 0.5) is 0 Å². The smallest absolute Gasteiger partial charge is 0.293 e. The van der Waals surface area contributed by atoms with Crippen molar-refractivity contribution >= 4 is 12.8 Å². The van der Waals surface area contributed by atoms with Crippen molar-refractivity contribution in [1.29, 1.82) is 0 Å². The summed E-state index contributed by atoms with van der Waals surface area (Å²) in [6, 6.07) is 0. The maximum atomic E-state index is 9.48. The second-order valence-corrected chi connectivity index (χ2v) is 1.91. The van der Waals surface area contributed by atoms with Crippen LogP contribution in [0.1, 0.15) is 6.42 Å². The predicted octanol–water partition coefficient (Wildman–Crippen LogP) is 0.0276. The molecule has 0 fully saturated rings. The molecule has 0 aromatic rings.